The molecule has 0 spiro atoms. The number of halogens is 2. The molecule has 2 heterocycles. The molecule has 3 rings (SSSR count). The molecule has 2 aliphatic rings. The predicted octanol–water partition coefficient (Wildman–Crippen LogP) is 2.76. The molecule has 1 saturated carbocycles. The average molecular weight is 372 g/mol. The van der Waals surface area contributed by atoms with Gasteiger partial charge in [-0.05, 0) is 52.7 Å². The Hall–Kier alpha value is -1.70. The third-order valence-corrected chi connectivity index (χ3v) is 5.08. The van der Waals surface area contributed by atoms with E-state index in [4.69, 9.17) is 0 Å². The Labute approximate surface area is 134 Å². The Bertz CT molecular complexity index is 684. The number of anilines is 1. The lowest BCUT2D eigenvalue weighted by molar-refractivity contribution is -0.120. The van der Waals surface area contributed by atoms with Crippen LogP contribution in [0.3, 0.4) is 0 Å². The summed E-state index contributed by atoms with van der Waals surface area (Å²) in [5, 5.41) is 11.9. The highest BCUT2D eigenvalue weighted by atomic mass is 79.9. The van der Waals surface area contributed by atoms with Crippen LogP contribution in [-0.4, -0.2) is 39.1 Å². The van der Waals surface area contributed by atoms with Gasteiger partial charge in [0.05, 0.1) is 0 Å². The fraction of sp³-hybridized carbons (Fsp3) is 0.500. The number of carbonyl (C=O) groups is 2. The molecule has 2 fully saturated rings. The summed E-state index contributed by atoms with van der Waals surface area (Å²) in [4.78, 5) is 29.0. The van der Waals surface area contributed by atoms with E-state index in [9.17, 15) is 19.1 Å². The van der Waals surface area contributed by atoms with E-state index in [1.807, 2.05) is 6.92 Å². The monoisotopic (exact) mass is 371 g/mol. The number of carboxylic acid groups (broad SMARTS) is 1. The Morgan fingerprint density at radius 2 is 2.23 bits per heavy atom. The van der Waals surface area contributed by atoms with E-state index in [1.54, 1.807) is 6.92 Å². The van der Waals surface area contributed by atoms with Crippen LogP contribution in [0.25, 0.3) is 0 Å². The predicted molar refractivity (Wildman–Crippen MR) is 80.0 cm³/mol. The normalized spacial score (nSPS) is 29.2. The van der Waals surface area contributed by atoms with Gasteiger partial charge in [0.15, 0.2) is 5.82 Å². The van der Waals surface area contributed by atoms with Crippen molar-refractivity contribution in [2.45, 2.75) is 38.8 Å². The van der Waals surface area contributed by atoms with Gasteiger partial charge in [-0.2, -0.15) is 0 Å². The lowest BCUT2D eigenvalue weighted by atomic mass is 10.0. The summed E-state index contributed by atoms with van der Waals surface area (Å²) in [5.74, 6) is -0.712. The SMILES string of the molecule is Cc1cc(F)c(Br)nc1NC(=O)C1CC2(C)CC2N1C(=O)O. The standard InChI is InChI=1S/C14H15BrFN3O3/c1-6-3-7(16)10(15)17-11(6)18-12(20)8-4-14(2)5-9(14)19(8)13(21)22/h3,8-9H,4-5H2,1-2H3,(H,21,22)(H,17,18,20). The van der Waals surface area contributed by atoms with Crippen molar-refractivity contribution in [3.63, 3.8) is 0 Å². The van der Waals surface area contributed by atoms with Crippen LogP contribution in [0.4, 0.5) is 15.0 Å². The molecule has 0 aromatic carbocycles. The molecule has 2 N–H and O–H groups in total. The van der Waals surface area contributed by atoms with Gasteiger partial charge in [0.1, 0.15) is 16.5 Å². The number of fused-ring (bicyclic) bond motifs is 1. The van der Waals surface area contributed by atoms with E-state index < -0.39 is 23.9 Å². The number of pyridine rings is 1. The van der Waals surface area contributed by atoms with Gasteiger partial charge in [0, 0.05) is 6.04 Å². The first kappa shape index (κ1) is 15.2. The van der Waals surface area contributed by atoms with E-state index in [2.05, 4.69) is 26.2 Å². The number of nitrogens with zero attached hydrogens (tertiary/aromatic N) is 2. The zero-order valence-corrected chi connectivity index (χ0v) is 13.6. The lowest BCUT2D eigenvalue weighted by Crippen LogP contribution is -2.45. The van der Waals surface area contributed by atoms with E-state index in [0.29, 0.717) is 12.0 Å². The zero-order chi connectivity index (χ0) is 16.2. The van der Waals surface area contributed by atoms with Crippen LogP contribution in [-0.2, 0) is 4.79 Å². The molecule has 1 aromatic heterocycles. The molecule has 6 nitrogen and oxygen atoms in total. The number of aromatic nitrogens is 1. The van der Waals surface area contributed by atoms with Crippen molar-refractivity contribution in [3.05, 3.63) is 22.1 Å². The summed E-state index contributed by atoms with van der Waals surface area (Å²) >= 11 is 2.97. The van der Waals surface area contributed by atoms with Gasteiger partial charge in [0.25, 0.3) is 0 Å². The first-order valence-electron chi connectivity index (χ1n) is 6.88. The first-order valence-corrected chi connectivity index (χ1v) is 7.67. The van der Waals surface area contributed by atoms with Gasteiger partial charge in [-0.3, -0.25) is 9.69 Å². The topological polar surface area (TPSA) is 82.5 Å². The van der Waals surface area contributed by atoms with Crippen LogP contribution in [0.15, 0.2) is 10.7 Å². The van der Waals surface area contributed by atoms with Crippen molar-refractivity contribution in [2.75, 3.05) is 5.32 Å². The van der Waals surface area contributed by atoms with E-state index in [-0.39, 0.29) is 21.9 Å². The molecule has 22 heavy (non-hydrogen) atoms. The van der Waals surface area contributed by atoms with E-state index in [1.165, 1.54) is 11.0 Å². The van der Waals surface area contributed by atoms with E-state index >= 15 is 0 Å². The second kappa shape index (κ2) is 4.91. The number of rotatable bonds is 2. The minimum atomic E-state index is -1.09. The van der Waals surface area contributed by atoms with Gasteiger partial charge < -0.3 is 10.4 Å². The highest BCUT2D eigenvalue weighted by Crippen LogP contribution is 2.59. The quantitative estimate of drug-likeness (QED) is 0.783. The van der Waals surface area contributed by atoms with Crippen molar-refractivity contribution in [2.24, 2.45) is 5.41 Å². The fourth-order valence-electron chi connectivity index (χ4n) is 3.16. The Morgan fingerprint density at radius 1 is 1.55 bits per heavy atom. The molecule has 0 bridgehead atoms. The Morgan fingerprint density at radius 3 is 2.86 bits per heavy atom. The summed E-state index contributed by atoms with van der Waals surface area (Å²) in [5.41, 5.74) is 0.372. The first-order chi connectivity index (χ1) is 10.2. The van der Waals surface area contributed by atoms with Crippen molar-refractivity contribution in [1.82, 2.24) is 9.88 Å². The molecule has 8 heteroatoms. The molecule has 1 saturated heterocycles. The van der Waals surface area contributed by atoms with Crippen LogP contribution >= 0.6 is 15.9 Å². The van der Waals surface area contributed by atoms with Gasteiger partial charge in [-0.15, -0.1) is 0 Å². The number of carbonyl (C=O) groups excluding carboxylic acids is 1. The molecule has 3 unspecified atom stereocenters. The minimum absolute atomic E-state index is 0.00437. The van der Waals surface area contributed by atoms with Gasteiger partial charge in [0.2, 0.25) is 5.91 Å². The number of hydrogen-bond acceptors (Lipinski definition) is 3. The Kier molecular flexibility index (Phi) is 3.39. The summed E-state index contributed by atoms with van der Waals surface area (Å²) in [6, 6.07) is 0.441. The molecule has 118 valence electrons. The molecular weight excluding hydrogens is 357 g/mol. The number of likely N-dealkylation sites (tertiary alicyclic amines) is 1. The molecule has 1 aliphatic carbocycles. The third kappa shape index (κ3) is 2.35. The van der Waals surface area contributed by atoms with Crippen LogP contribution in [0.1, 0.15) is 25.3 Å². The van der Waals surface area contributed by atoms with Crippen LogP contribution in [0, 0.1) is 18.2 Å². The molecule has 1 aromatic rings. The summed E-state index contributed by atoms with van der Waals surface area (Å²) in [6.45, 7) is 3.61. The maximum absolute atomic E-state index is 13.4. The van der Waals surface area contributed by atoms with Gasteiger partial charge in [-0.1, -0.05) is 6.92 Å². The maximum atomic E-state index is 13.4. The number of amides is 2. The number of nitrogens with one attached hydrogen (secondary N) is 1. The van der Waals surface area contributed by atoms with Gasteiger partial charge in [-0.25, -0.2) is 14.2 Å². The Balaban J connectivity index is 1.80. The summed E-state index contributed by atoms with van der Waals surface area (Å²) in [6.07, 6.45) is 0.205. The van der Waals surface area contributed by atoms with E-state index in [0.717, 1.165) is 6.42 Å². The number of hydrogen-bond donors (Lipinski definition) is 2. The highest BCUT2D eigenvalue weighted by molar-refractivity contribution is 9.10. The second-order valence-electron chi connectivity index (χ2n) is 6.20. The second-order valence-corrected chi connectivity index (χ2v) is 6.95. The number of piperidine rings is 1. The summed E-state index contributed by atoms with van der Waals surface area (Å²) in [7, 11) is 0. The maximum Gasteiger partial charge on any atom is 0.408 e. The molecule has 1 aliphatic heterocycles. The van der Waals surface area contributed by atoms with Crippen molar-refractivity contribution >= 4 is 33.7 Å². The molecule has 0 radical (unpaired) electrons. The van der Waals surface area contributed by atoms with Crippen LogP contribution in [0.5, 0.6) is 0 Å². The highest BCUT2D eigenvalue weighted by Gasteiger charge is 2.64. The molecule has 3 atom stereocenters. The van der Waals surface area contributed by atoms with Crippen molar-refractivity contribution in [1.29, 1.82) is 0 Å². The minimum Gasteiger partial charge on any atom is -0.465 e. The number of aryl methyl sites for hydroxylation is 1. The van der Waals surface area contributed by atoms with Crippen molar-refractivity contribution < 1.29 is 19.1 Å². The zero-order valence-electron chi connectivity index (χ0n) is 12.1. The lowest BCUT2D eigenvalue weighted by Gasteiger charge is -2.23. The summed E-state index contributed by atoms with van der Waals surface area (Å²) < 4.78 is 13.4. The molecule has 2 amide bonds. The fourth-order valence-corrected chi connectivity index (χ4v) is 3.46. The van der Waals surface area contributed by atoms with Crippen LogP contribution in [0.2, 0.25) is 0 Å². The largest absolute Gasteiger partial charge is 0.465 e. The van der Waals surface area contributed by atoms with Crippen LogP contribution < -0.4 is 5.32 Å². The third-order valence-electron chi connectivity index (χ3n) is 4.52. The van der Waals surface area contributed by atoms with Gasteiger partial charge >= 0.3 is 6.09 Å². The average Bonchev–Trinajstić information content (AvgIpc) is 2.97. The smallest absolute Gasteiger partial charge is 0.408 e. The van der Waals surface area contributed by atoms with Crippen molar-refractivity contribution in [3.8, 4) is 0 Å². The molecular formula is C14H15BrFN3O3.